The molecular formula is C18H23N. The summed E-state index contributed by atoms with van der Waals surface area (Å²) in [5.74, 6) is 0.767. The lowest BCUT2D eigenvalue weighted by Crippen LogP contribution is -2.00. The zero-order valence-corrected chi connectivity index (χ0v) is 11.9. The van der Waals surface area contributed by atoms with Crippen LogP contribution in [-0.4, -0.2) is 0 Å². The molecule has 0 saturated carbocycles. The summed E-state index contributed by atoms with van der Waals surface area (Å²) in [6, 6.07) is 19.3. The minimum atomic E-state index is 0.767. The molecule has 1 N–H and O–H groups in total. The molecule has 1 atom stereocenters. The van der Waals surface area contributed by atoms with E-state index in [0.717, 1.165) is 12.5 Å². The van der Waals surface area contributed by atoms with E-state index < -0.39 is 0 Å². The highest BCUT2D eigenvalue weighted by molar-refractivity contribution is 5.45. The highest BCUT2D eigenvalue weighted by Crippen LogP contribution is 2.15. The van der Waals surface area contributed by atoms with Gasteiger partial charge in [-0.3, -0.25) is 0 Å². The molecule has 2 aromatic rings. The van der Waals surface area contributed by atoms with Gasteiger partial charge in [0.15, 0.2) is 0 Å². The monoisotopic (exact) mass is 253 g/mol. The van der Waals surface area contributed by atoms with Crippen LogP contribution in [0, 0.1) is 5.92 Å². The van der Waals surface area contributed by atoms with Crippen LogP contribution < -0.4 is 5.32 Å². The second-order valence-corrected chi connectivity index (χ2v) is 5.25. The first-order valence-electron chi connectivity index (χ1n) is 7.14. The zero-order chi connectivity index (χ0) is 13.5. The molecule has 2 rings (SSSR count). The average molecular weight is 253 g/mol. The third-order valence-corrected chi connectivity index (χ3v) is 3.57. The van der Waals surface area contributed by atoms with Crippen LogP contribution in [0.4, 0.5) is 5.69 Å². The standard InChI is InChI=1S/C18H23N/c1-3-15(2)13-16-9-11-18(12-10-16)19-14-17-7-5-4-6-8-17/h4-12,15,19H,3,13-14H2,1-2H3. The van der Waals surface area contributed by atoms with Crippen LogP contribution in [0.25, 0.3) is 0 Å². The van der Waals surface area contributed by atoms with E-state index in [-0.39, 0.29) is 0 Å². The maximum Gasteiger partial charge on any atom is 0.0400 e. The Morgan fingerprint density at radius 1 is 0.895 bits per heavy atom. The van der Waals surface area contributed by atoms with Gasteiger partial charge in [-0.15, -0.1) is 0 Å². The number of hydrogen-bond acceptors (Lipinski definition) is 1. The van der Waals surface area contributed by atoms with Crippen molar-refractivity contribution in [3.05, 3.63) is 65.7 Å². The van der Waals surface area contributed by atoms with E-state index >= 15 is 0 Å². The van der Waals surface area contributed by atoms with E-state index in [9.17, 15) is 0 Å². The van der Waals surface area contributed by atoms with Gasteiger partial charge in [0.1, 0.15) is 0 Å². The molecule has 0 aliphatic heterocycles. The third kappa shape index (κ3) is 4.44. The van der Waals surface area contributed by atoms with Gasteiger partial charge in [0.2, 0.25) is 0 Å². The summed E-state index contributed by atoms with van der Waals surface area (Å²) >= 11 is 0. The van der Waals surface area contributed by atoms with Crippen molar-refractivity contribution >= 4 is 5.69 Å². The quantitative estimate of drug-likeness (QED) is 0.773. The summed E-state index contributed by atoms with van der Waals surface area (Å²) in [5.41, 5.74) is 3.93. The van der Waals surface area contributed by atoms with Crippen LogP contribution in [0.3, 0.4) is 0 Å². The first-order valence-corrected chi connectivity index (χ1v) is 7.14. The molecule has 0 bridgehead atoms. The fourth-order valence-corrected chi connectivity index (χ4v) is 2.11. The number of hydrogen-bond donors (Lipinski definition) is 1. The Hall–Kier alpha value is -1.76. The molecule has 0 aromatic heterocycles. The minimum absolute atomic E-state index is 0.767. The first kappa shape index (κ1) is 13.7. The summed E-state index contributed by atoms with van der Waals surface area (Å²) in [4.78, 5) is 0. The summed E-state index contributed by atoms with van der Waals surface area (Å²) in [6.45, 7) is 5.44. The molecule has 0 amide bonds. The Labute approximate surface area is 116 Å². The van der Waals surface area contributed by atoms with Crippen molar-refractivity contribution in [1.82, 2.24) is 0 Å². The highest BCUT2D eigenvalue weighted by Gasteiger charge is 2.01. The van der Waals surface area contributed by atoms with Crippen LogP contribution in [0.15, 0.2) is 54.6 Å². The van der Waals surface area contributed by atoms with Crippen molar-refractivity contribution in [2.24, 2.45) is 5.92 Å². The van der Waals surface area contributed by atoms with E-state index in [0.29, 0.717) is 0 Å². The molecule has 0 fully saturated rings. The van der Waals surface area contributed by atoms with Crippen LogP contribution in [-0.2, 0) is 13.0 Å². The Morgan fingerprint density at radius 2 is 1.58 bits per heavy atom. The largest absolute Gasteiger partial charge is 0.381 e. The van der Waals surface area contributed by atoms with Gasteiger partial charge in [-0.2, -0.15) is 0 Å². The minimum Gasteiger partial charge on any atom is -0.381 e. The molecule has 1 heteroatoms. The average Bonchev–Trinajstić information content (AvgIpc) is 2.47. The van der Waals surface area contributed by atoms with Gasteiger partial charge in [0, 0.05) is 12.2 Å². The predicted molar refractivity (Wildman–Crippen MR) is 83.4 cm³/mol. The Bertz CT molecular complexity index is 473. The summed E-state index contributed by atoms with van der Waals surface area (Å²) in [6.07, 6.45) is 2.42. The molecule has 0 saturated heterocycles. The van der Waals surface area contributed by atoms with Crippen LogP contribution in [0.2, 0.25) is 0 Å². The highest BCUT2D eigenvalue weighted by atomic mass is 14.9. The van der Waals surface area contributed by atoms with E-state index in [2.05, 4.69) is 67.7 Å². The molecule has 0 aliphatic carbocycles. The Balaban J connectivity index is 1.88. The Kier molecular flexibility index (Phi) is 5.02. The molecule has 0 spiro atoms. The van der Waals surface area contributed by atoms with Crippen molar-refractivity contribution in [3.8, 4) is 0 Å². The summed E-state index contributed by atoms with van der Waals surface area (Å²) in [5, 5.41) is 3.46. The molecule has 100 valence electrons. The smallest absolute Gasteiger partial charge is 0.0400 e. The van der Waals surface area contributed by atoms with Gasteiger partial charge in [0.05, 0.1) is 0 Å². The molecule has 2 aromatic carbocycles. The number of anilines is 1. The molecule has 19 heavy (non-hydrogen) atoms. The van der Waals surface area contributed by atoms with Crippen molar-refractivity contribution < 1.29 is 0 Å². The lowest BCUT2D eigenvalue weighted by atomic mass is 9.99. The van der Waals surface area contributed by atoms with Gasteiger partial charge >= 0.3 is 0 Å². The second kappa shape index (κ2) is 6.98. The van der Waals surface area contributed by atoms with E-state index in [1.54, 1.807) is 0 Å². The van der Waals surface area contributed by atoms with Crippen molar-refractivity contribution in [1.29, 1.82) is 0 Å². The Morgan fingerprint density at radius 3 is 2.21 bits per heavy atom. The first-order chi connectivity index (χ1) is 9.28. The maximum absolute atomic E-state index is 3.46. The predicted octanol–water partition coefficient (Wildman–Crippen LogP) is 4.89. The maximum atomic E-state index is 3.46. The number of benzene rings is 2. The lowest BCUT2D eigenvalue weighted by Gasteiger charge is -2.10. The van der Waals surface area contributed by atoms with Gasteiger partial charge in [-0.25, -0.2) is 0 Å². The molecule has 1 nitrogen and oxygen atoms in total. The molecule has 0 heterocycles. The van der Waals surface area contributed by atoms with Crippen LogP contribution in [0.5, 0.6) is 0 Å². The fraction of sp³-hybridized carbons (Fsp3) is 0.333. The van der Waals surface area contributed by atoms with Crippen LogP contribution >= 0.6 is 0 Å². The molecule has 0 aliphatic rings. The van der Waals surface area contributed by atoms with E-state index in [4.69, 9.17) is 0 Å². The lowest BCUT2D eigenvalue weighted by molar-refractivity contribution is 0.560. The topological polar surface area (TPSA) is 12.0 Å². The zero-order valence-electron chi connectivity index (χ0n) is 11.9. The van der Waals surface area contributed by atoms with Crippen molar-refractivity contribution in [2.45, 2.75) is 33.2 Å². The summed E-state index contributed by atoms with van der Waals surface area (Å²) < 4.78 is 0. The van der Waals surface area contributed by atoms with Gasteiger partial charge in [0.25, 0.3) is 0 Å². The molecular weight excluding hydrogens is 230 g/mol. The van der Waals surface area contributed by atoms with Crippen LogP contribution in [0.1, 0.15) is 31.4 Å². The number of rotatable bonds is 6. The number of nitrogens with one attached hydrogen (secondary N) is 1. The third-order valence-electron chi connectivity index (χ3n) is 3.57. The molecule has 1 unspecified atom stereocenters. The SMILES string of the molecule is CCC(C)Cc1ccc(NCc2ccccc2)cc1. The molecule has 0 radical (unpaired) electrons. The van der Waals surface area contributed by atoms with E-state index in [1.165, 1.54) is 29.7 Å². The van der Waals surface area contributed by atoms with E-state index in [1.807, 2.05) is 6.07 Å². The van der Waals surface area contributed by atoms with Gasteiger partial charge in [-0.05, 0) is 35.6 Å². The van der Waals surface area contributed by atoms with Crippen molar-refractivity contribution in [3.63, 3.8) is 0 Å². The fourth-order valence-electron chi connectivity index (χ4n) is 2.11. The normalized spacial score (nSPS) is 12.1. The van der Waals surface area contributed by atoms with Gasteiger partial charge < -0.3 is 5.32 Å². The van der Waals surface area contributed by atoms with Crippen molar-refractivity contribution in [2.75, 3.05) is 5.32 Å². The summed E-state index contributed by atoms with van der Waals surface area (Å²) in [7, 11) is 0. The second-order valence-electron chi connectivity index (χ2n) is 5.25. The van der Waals surface area contributed by atoms with Gasteiger partial charge in [-0.1, -0.05) is 62.7 Å².